The lowest BCUT2D eigenvalue weighted by Gasteiger charge is -2.22. The third kappa shape index (κ3) is 3.71. The molecule has 0 heterocycles. The average Bonchev–Trinajstić information content (AvgIpc) is 2.67. The van der Waals surface area contributed by atoms with Crippen molar-refractivity contribution in [1.29, 1.82) is 0 Å². The standard InChI is InChI=1S/C20H25NO4S/c1-21(14-15-8-10-18(24-2)11-9-15)26(22,23)20-13-17-7-5-4-6-16(17)12-19(20)25-3/h8-13H,4-7,14H2,1-3H3. The molecular weight excluding hydrogens is 350 g/mol. The number of sulfonamides is 1. The first-order valence-electron chi connectivity index (χ1n) is 8.74. The van der Waals surface area contributed by atoms with Gasteiger partial charge in [-0.1, -0.05) is 12.1 Å². The number of hydrogen-bond donors (Lipinski definition) is 0. The highest BCUT2D eigenvalue weighted by Gasteiger charge is 2.27. The third-order valence-corrected chi connectivity index (χ3v) is 6.71. The molecule has 0 N–H and O–H groups in total. The molecule has 0 aliphatic heterocycles. The first-order valence-corrected chi connectivity index (χ1v) is 10.2. The van der Waals surface area contributed by atoms with Crippen molar-refractivity contribution in [3.8, 4) is 11.5 Å². The van der Waals surface area contributed by atoms with Gasteiger partial charge in [0, 0.05) is 13.6 Å². The molecule has 0 saturated heterocycles. The van der Waals surface area contributed by atoms with Crippen LogP contribution in [0.25, 0.3) is 0 Å². The van der Waals surface area contributed by atoms with Crippen molar-refractivity contribution in [2.75, 3.05) is 21.3 Å². The predicted molar refractivity (Wildman–Crippen MR) is 101 cm³/mol. The molecule has 0 aromatic heterocycles. The van der Waals surface area contributed by atoms with Crippen LogP contribution in [0, 0.1) is 0 Å². The first-order chi connectivity index (χ1) is 12.5. The summed E-state index contributed by atoms with van der Waals surface area (Å²) < 4.78 is 38.2. The van der Waals surface area contributed by atoms with E-state index in [-0.39, 0.29) is 11.4 Å². The second-order valence-electron chi connectivity index (χ2n) is 6.59. The highest BCUT2D eigenvalue weighted by molar-refractivity contribution is 7.89. The highest BCUT2D eigenvalue weighted by Crippen LogP contribution is 2.33. The molecule has 0 amide bonds. The second-order valence-corrected chi connectivity index (χ2v) is 8.60. The van der Waals surface area contributed by atoms with Gasteiger partial charge in [-0.05, 0) is 66.6 Å². The lowest BCUT2D eigenvalue weighted by atomic mass is 9.92. The number of aryl methyl sites for hydroxylation is 2. The summed E-state index contributed by atoms with van der Waals surface area (Å²) in [7, 11) is 1.07. The van der Waals surface area contributed by atoms with Crippen LogP contribution in [0.4, 0.5) is 0 Å². The van der Waals surface area contributed by atoms with Crippen LogP contribution in [0.3, 0.4) is 0 Å². The van der Waals surface area contributed by atoms with Crippen LogP contribution in [0.1, 0.15) is 29.5 Å². The Morgan fingerprint density at radius 3 is 2.15 bits per heavy atom. The van der Waals surface area contributed by atoms with Crippen molar-refractivity contribution < 1.29 is 17.9 Å². The van der Waals surface area contributed by atoms with Crippen molar-refractivity contribution in [3.05, 3.63) is 53.1 Å². The molecule has 3 rings (SSSR count). The van der Waals surface area contributed by atoms with E-state index < -0.39 is 10.0 Å². The van der Waals surface area contributed by atoms with Gasteiger partial charge in [0.2, 0.25) is 10.0 Å². The van der Waals surface area contributed by atoms with E-state index in [1.165, 1.54) is 17.0 Å². The normalized spacial score (nSPS) is 14.2. The average molecular weight is 375 g/mol. The quantitative estimate of drug-likeness (QED) is 0.776. The van der Waals surface area contributed by atoms with Crippen LogP contribution >= 0.6 is 0 Å². The Labute approximate surface area is 155 Å². The zero-order valence-electron chi connectivity index (χ0n) is 15.5. The molecule has 0 saturated carbocycles. The molecule has 26 heavy (non-hydrogen) atoms. The Balaban J connectivity index is 1.90. The summed E-state index contributed by atoms with van der Waals surface area (Å²) in [5, 5.41) is 0. The van der Waals surface area contributed by atoms with Gasteiger partial charge in [0.05, 0.1) is 14.2 Å². The van der Waals surface area contributed by atoms with Crippen LogP contribution in [-0.4, -0.2) is 34.0 Å². The molecule has 1 aliphatic rings. The van der Waals surface area contributed by atoms with Crippen LogP contribution in [0.2, 0.25) is 0 Å². The van der Waals surface area contributed by atoms with E-state index in [0.717, 1.165) is 42.6 Å². The Bertz CT molecular complexity index is 875. The van der Waals surface area contributed by atoms with Crippen LogP contribution in [0.15, 0.2) is 41.3 Å². The lowest BCUT2D eigenvalue weighted by Crippen LogP contribution is -2.27. The number of hydrogen-bond acceptors (Lipinski definition) is 4. The molecule has 0 radical (unpaired) electrons. The van der Waals surface area contributed by atoms with E-state index in [9.17, 15) is 8.42 Å². The van der Waals surface area contributed by atoms with Crippen LogP contribution in [-0.2, 0) is 29.4 Å². The minimum absolute atomic E-state index is 0.247. The lowest BCUT2D eigenvalue weighted by molar-refractivity contribution is 0.396. The zero-order chi connectivity index (χ0) is 18.7. The summed E-state index contributed by atoms with van der Waals surface area (Å²) in [5.41, 5.74) is 3.21. The summed E-state index contributed by atoms with van der Waals surface area (Å²) in [6.07, 6.45) is 4.14. The Kier molecular flexibility index (Phi) is 5.53. The predicted octanol–water partition coefficient (Wildman–Crippen LogP) is 3.40. The minimum Gasteiger partial charge on any atom is -0.497 e. The minimum atomic E-state index is -3.65. The Morgan fingerprint density at radius 1 is 0.962 bits per heavy atom. The van der Waals surface area contributed by atoms with Crippen molar-refractivity contribution in [2.24, 2.45) is 0 Å². The monoisotopic (exact) mass is 375 g/mol. The van der Waals surface area contributed by atoms with E-state index >= 15 is 0 Å². The smallest absolute Gasteiger partial charge is 0.246 e. The largest absolute Gasteiger partial charge is 0.497 e. The maximum Gasteiger partial charge on any atom is 0.246 e. The van der Waals surface area contributed by atoms with Crippen LogP contribution < -0.4 is 9.47 Å². The van der Waals surface area contributed by atoms with E-state index in [1.54, 1.807) is 20.2 Å². The zero-order valence-corrected chi connectivity index (χ0v) is 16.3. The number of rotatable bonds is 6. The SMILES string of the molecule is COc1ccc(CN(C)S(=O)(=O)c2cc3c(cc2OC)CCCC3)cc1. The van der Waals surface area contributed by atoms with Crippen molar-refractivity contribution in [2.45, 2.75) is 37.1 Å². The molecule has 0 fully saturated rings. The fourth-order valence-corrected chi connectivity index (χ4v) is 4.69. The van der Waals surface area contributed by atoms with Crippen molar-refractivity contribution >= 4 is 10.0 Å². The third-order valence-electron chi connectivity index (χ3n) is 4.88. The van der Waals surface area contributed by atoms with Gasteiger partial charge in [-0.2, -0.15) is 4.31 Å². The highest BCUT2D eigenvalue weighted by atomic mass is 32.2. The maximum absolute atomic E-state index is 13.1. The molecule has 5 nitrogen and oxygen atoms in total. The summed E-state index contributed by atoms with van der Waals surface area (Å²) in [4.78, 5) is 0.247. The van der Waals surface area contributed by atoms with Crippen molar-refractivity contribution in [1.82, 2.24) is 4.31 Å². The molecule has 0 bridgehead atoms. The Morgan fingerprint density at radius 2 is 1.58 bits per heavy atom. The molecule has 0 unspecified atom stereocenters. The summed E-state index contributed by atoms with van der Waals surface area (Å²) in [6.45, 7) is 0.284. The molecule has 0 spiro atoms. The summed E-state index contributed by atoms with van der Waals surface area (Å²) in [5.74, 6) is 1.17. The van der Waals surface area contributed by atoms with Gasteiger partial charge in [-0.3, -0.25) is 0 Å². The molecular formula is C20H25NO4S. The maximum atomic E-state index is 13.1. The number of benzene rings is 2. The van der Waals surface area contributed by atoms with Gasteiger partial charge in [-0.15, -0.1) is 0 Å². The fourth-order valence-electron chi connectivity index (χ4n) is 3.34. The van der Waals surface area contributed by atoms with Gasteiger partial charge in [0.25, 0.3) is 0 Å². The number of fused-ring (bicyclic) bond motifs is 1. The number of methoxy groups -OCH3 is 2. The van der Waals surface area contributed by atoms with Crippen molar-refractivity contribution in [3.63, 3.8) is 0 Å². The van der Waals surface area contributed by atoms with Crippen LogP contribution in [0.5, 0.6) is 11.5 Å². The number of ether oxygens (including phenoxy) is 2. The van der Waals surface area contributed by atoms with E-state index in [4.69, 9.17) is 9.47 Å². The fraction of sp³-hybridized carbons (Fsp3) is 0.400. The van der Waals surface area contributed by atoms with E-state index in [2.05, 4.69) is 0 Å². The molecule has 6 heteroatoms. The van der Waals surface area contributed by atoms with Gasteiger partial charge in [-0.25, -0.2) is 8.42 Å². The van der Waals surface area contributed by atoms with E-state index in [0.29, 0.717) is 5.75 Å². The van der Waals surface area contributed by atoms with Gasteiger partial charge in [0.1, 0.15) is 16.4 Å². The first kappa shape index (κ1) is 18.7. The van der Waals surface area contributed by atoms with E-state index in [1.807, 2.05) is 30.3 Å². The second kappa shape index (κ2) is 7.68. The van der Waals surface area contributed by atoms with Gasteiger partial charge < -0.3 is 9.47 Å². The molecule has 140 valence electrons. The molecule has 0 atom stereocenters. The molecule has 2 aromatic rings. The number of nitrogens with zero attached hydrogens (tertiary/aromatic N) is 1. The Hall–Kier alpha value is -2.05. The molecule has 2 aromatic carbocycles. The molecule has 1 aliphatic carbocycles. The van der Waals surface area contributed by atoms with Gasteiger partial charge in [0.15, 0.2) is 0 Å². The topological polar surface area (TPSA) is 55.8 Å². The summed E-state index contributed by atoms with van der Waals surface area (Å²) >= 11 is 0. The summed E-state index contributed by atoms with van der Waals surface area (Å²) in [6, 6.07) is 11.1. The van der Waals surface area contributed by atoms with Gasteiger partial charge >= 0.3 is 0 Å².